The highest BCUT2D eigenvalue weighted by Crippen LogP contribution is 2.33. The number of hydrogen-bond donors (Lipinski definition) is 0. The molecule has 0 fully saturated rings. The molecule has 0 aliphatic carbocycles. The minimum atomic E-state index is -0.320. The number of rotatable bonds is 6. The zero-order valence-electron chi connectivity index (χ0n) is 13.0. The van der Waals surface area contributed by atoms with Crippen molar-refractivity contribution in [2.45, 2.75) is 52.2 Å². The molecule has 0 saturated carbocycles. The Hall–Kier alpha value is -1.62. The molecule has 1 aliphatic heterocycles. The molecule has 0 radical (unpaired) electrons. The normalized spacial score (nSPS) is 17.9. The Balaban J connectivity index is 2.07. The van der Waals surface area contributed by atoms with Gasteiger partial charge in [0.05, 0.1) is 11.0 Å². The van der Waals surface area contributed by atoms with E-state index in [2.05, 4.69) is 11.8 Å². The number of fused-ring (bicyclic) bond motifs is 1. The molecule has 0 amide bonds. The minimum Gasteiger partial charge on any atom is -0.379 e. The van der Waals surface area contributed by atoms with Crippen LogP contribution in [0.2, 0.25) is 0 Å². The van der Waals surface area contributed by atoms with Crippen molar-refractivity contribution in [1.29, 1.82) is 0 Å². The van der Waals surface area contributed by atoms with Crippen molar-refractivity contribution < 1.29 is 9.66 Å². The number of nitro groups is 1. The highest BCUT2D eigenvalue weighted by molar-refractivity contribution is 5.60. The molecule has 1 aliphatic rings. The standard InChI is InChI=1S/C16H24N2O3/c1-12(2)21-10-4-9-17-13(3)5-6-14-11-15(18(19)20)7-8-16(14)17/h7-8,11-13H,4-6,9-10H2,1-3H3/t13-/m0/s1. The van der Waals surface area contributed by atoms with E-state index in [0.29, 0.717) is 6.04 Å². The maximum atomic E-state index is 10.9. The summed E-state index contributed by atoms with van der Waals surface area (Å²) >= 11 is 0. The number of non-ortho nitro benzene ring substituents is 1. The third-order valence-electron chi connectivity index (χ3n) is 3.94. The molecule has 1 aromatic rings. The molecular weight excluding hydrogens is 268 g/mol. The van der Waals surface area contributed by atoms with Gasteiger partial charge in [0, 0.05) is 37.0 Å². The van der Waals surface area contributed by atoms with Crippen LogP contribution in [-0.4, -0.2) is 30.2 Å². The summed E-state index contributed by atoms with van der Waals surface area (Å²) in [5.41, 5.74) is 2.42. The van der Waals surface area contributed by atoms with Gasteiger partial charge in [0.2, 0.25) is 0 Å². The van der Waals surface area contributed by atoms with Gasteiger partial charge in [-0.15, -0.1) is 0 Å². The highest BCUT2D eigenvalue weighted by Gasteiger charge is 2.24. The van der Waals surface area contributed by atoms with Crippen molar-refractivity contribution in [3.63, 3.8) is 0 Å². The van der Waals surface area contributed by atoms with Gasteiger partial charge in [0.1, 0.15) is 0 Å². The number of benzene rings is 1. The number of anilines is 1. The second-order valence-electron chi connectivity index (χ2n) is 5.92. The molecule has 1 aromatic carbocycles. The van der Waals surface area contributed by atoms with E-state index in [1.165, 1.54) is 0 Å². The van der Waals surface area contributed by atoms with Crippen LogP contribution >= 0.6 is 0 Å². The summed E-state index contributed by atoms with van der Waals surface area (Å²) in [6.45, 7) is 7.98. The molecule has 1 atom stereocenters. The van der Waals surface area contributed by atoms with E-state index in [1.54, 1.807) is 12.1 Å². The zero-order valence-corrected chi connectivity index (χ0v) is 13.0. The van der Waals surface area contributed by atoms with E-state index in [-0.39, 0.29) is 16.7 Å². The topological polar surface area (TPSA) is 55.6 Å². The van der Waals surface area contributed by atoms with E-state index in [0.717, 1.165) is 43.7 Å². The monoisotopic (exact) mass is 292 g/mol. The Morgan fingerprint density at radius 1 is 1.48 bits per heavy atom. The van der Waals surface area contributed by atoms with Gasteiger partial charge in [-0.1, -0.05) is 0 Å². The van der Waals surface area contributed by atoms with Crippen molar-refractivity contribution in [3.05, 3.63) is 33.9 Å². The average Bonchev–Trinajstić information content (AvgIpc) is 2.44. The fraction of sp³-hybridized carbons (Fsp3) is 0.625. The van der Waals surface area contributed by atoms with Crippen molar-refractivity contribution in [3.8, 4) is 0 Å². The number of hydrogen-bond acceptors (Lipinski definition) is 4. The number of nitro benzene ring substituents is 1. The summed E-state index contributed by atoms with van der Waals surface area (Å²) < 4.78 is 5.59. The van der Waals surface area contributed by atoms with Gasteiger partial charge in [0.15, 0.2) is 0 Å². The first-order chi connectivity index (χ1) is 9.99. The van der Waals surface area contributed by atoms with Crippen molar-refractivity contribution >= 4 is 11.4 Å². The molecule has 0 bridgehead atoms. The molecule has 0 saturated heterocycles. The lowest BCUT2D eigenvalue weighted by atomic mass is 9.96. The van der Waals surface area contributed by atoms with E-state index in [9.17, 15) is 10.1 Å². The van der Waals surface area contributed by atoms with Gasteiger partial charge in [-0.3, -0.25) is 10.1 Å². The first-order valence-corrected chi connectivity index (χ1v) is 7.64. The zero-order chi connectivity index (χ0) is 15.4. The highest BCUT2D eigenvalue weighted by atomic mass is 16.6. The van der Waals surface area contributed by atoms with Crippen molar-refractivity contribution in [1.82, 2.24) is 0 Å². The Morgan fingerprint density at radius 2 is 2.24 bits per heavy atom. The Labute approximate surface area is 126 Å². The average molecular weight is 292 g/mol. The SMILES string of the molecule is CC(C)OCCCN1c2ccc([N+](=O)[O-])cc2CC[C@@H]1C. The van der Waals surface area contributed by atoms with Crippen LogP contribution in [0.5, 0.6) is 0 Å². The van der Waals surface area contributed by atoms with E-state index in [4.69, 9.17) is 4.74 Å². The maximum Gasteiger partial charge on any atom is 0.269 e. The fourth-order valence-corrected chi connectivity index (χ4v) is 2.82. The Morgan fingerprint density at radius 3 is 2.90 bits per heavy atom. The van der Waals surface area contributed by atoms with E-state index < -0.39 is 0 Å². The maximum absolute atomic E-state index is 10.9. The lowest BCUT2D eigenvalue weighted by Gasteiger charge is -2.37. The van der Waals surface area contributed by atoms with E-state index >= 15 is 0 Å². The molecule has 1 heterocycles. The number of ether oxygens (including phenoxy) is 1. The molecule has 5 nitrogen and oxygen atoms in total. The lowest BCUT2D eigenvalue weighted by molar-refractivity contribution is -0.384. The molecule has 21 heavy (non-hydrogen) atoms. The largest absolute Gasteiger partial charge is 0.379 e. The lowest BCUT2D eigenvalue weighted by Crippen LogP contribution is -2.38. The van der Waals surface area contributed by atoms with Crippen molar-refractivity contribution in [2.75, 3.05) is 18.1 Å². The molecule has 116 valence electrons. The van der Waals surface area contributed by atoms with Crippen LogP contribution in [0.15, 0.2) is 18.2 Å². The van der Waals surface area contributed by atoms with Crippen LogP contribution in [0, 0.1) is 10.1 Å². The van der Waals surface area contributed by atoms with Gasteiger partial charge in [-0.25, -0.2) is 0 Å². The first kappa shape index (κ1) is 15.8. The fourth-order valence-electron chi connectivity index (χ4n) is 2.82. The number of aryl methyl sites for hydroxylation is 1. The van der Waals surface area contributed by atoms with E-state index in [1.807, 2.05) is 19.9 Å². The second-order valence-corrected chi connectivity index (χ2v) is 5.92. The molecule has 0 spiro atoms. The summed E-state index contributed by atoms with van der Waals surface area (Å²) in [7, 11) is 0. The van der Waals surface area contributed by atoms with Gasteiger partial charge in [-0.2, -0.15) is 0 Å². The van der Waals surface area contributed by atoms with Crippen molar-refractivity contribution in [2.24, 2.45) is 0 Å². The van der Waals surface area contributed by atoms with Gasteiger partial charge in [0.25, 0.3) is 5.69 Å². The molecule has 0 unspecified atom stereocenters. The third-order valence-corrected chi connectivity index (χ3v) is 3.94. The molecule has 0 N–H and O–H groups in total. The summed E-state index contributed by atoms with van der Waals surface area (Å²) in [5, 5.41) is 10.9. The summed E-state index contributed by atoms with van der Waals surface area (Å²) in [6, 6.07) is 5.69. The van der Waals surface area contributed by atoms with Crippen LogP contribution in [0.3, 0.4) is 0 Å². The molecule has 5 heteroatoms. The van der Waals surface area contributed by atoms with Crippen LogP contribution in [0.25, 0.3) is 0 Å². The van der Waals surface area contributed by atoms with Crippen LogP contribution in [0.1, 0.15) is 39.2 Å². The predicted octanol–water partition coefficient (Wildman–Crippen LogP) is 3.55. The first-order valence-electron chi connectivity index (χ1n) is 7.64. The summed E-state index contributed by atoms with van der Waals surface area (Å²) in [5.74, 6) is 0. The molecule has 0 aromatic heterocycles. The second kappa shape index (κ2) is 6.89. The minimum absolute atomic E-state index is 0.186. The molecule has 2 rings (SSSR count). The Kier molecular flexibility index (Phi) is 5.17. The number of nitrogens with zero attached hydrogens (tertiary/aromatic N) is 2. The Bertz CT molecular complexity index is 502. The van der Waals surface area contributed by atoms with Gasteiger partial charge in [-0.05, 0) is 51.7 Å². The summed E-state index contributed by atoms with van der Waals surface area (Å²) in [4.78, 5) is 12.9. The smallest absolute Gasteiger partial charge is 0.269 e. The predicted molar refractivity (Wildman–Crippen MR) is 83.9 cm³/mol. The quantitative estimate of drug-likeness (QED) is 0.457. The van der Waals surface area contributed by atoms with Crippen LogP contribution < -0.4 is 4.90 Å². The molecular formula is C16H24N2O3. The summed E-state index contributed by atoms with van der Waals surface area (Å²) in [6.07, 6.45) is 3.19. The van der Waals surface area contributed by atoms with Crippen LogP contribution in [-0.2, 0) is 11.2 Å². The van der Waals surface area contributed by atoms with Gasteiger partial charge < -0.3 is 9.64 Å². The van der Waals surface area contributed by atoms with Gasteiger partial charge >= 0.3 is 0 Å². The third kappa shape index (κ3) is 3.94. The van der Waals surface area contributed by atoms with Crippen LogP contribution in [0.4, 0.5) is 11.4 Å².